The third-order valence-corrected chi connectivity index (χ3v) is 6.10. The quantitative estimate of drug-likeness (QED) is 0.201. The van der Waals surface area contributed by atoms with Crippen LogP contribution in [0.15, 0.2) is 90.6 Å². The van der Waals surface area contributed by atoms with Crippen molar-refractivity contribution in [1.82, 2.24) is 9.97 Å². The second kappa shape index (κ2) is 11.8. The molecule has 5 aromatic rings. The van der Waals surface area contributed by atoms with Crippen LogP contribution in [0.4, 0.5) is 0 Å². The molecule has 0 spiro atoms. The zero-order valence-corrected chi connectivity index (χ0v) is 22.6. The summed E-state index contributed by atoms with van der Waals surface area (Å²) in [4.78, 5) is 18.8. The smallest absolute Gasteiger partial charge is 0.354 e. The molecule has 0 saturated carbocycles. The predicted molar refractivity (Wildman–Crippen MR) is 136 cm³/mol. The summed E-state index contributed by atoms with van der Waals surface area (Å²) in [6.07, 6.45) is 3.30. The van der Waals surface area contributed by atoms with Gasteiger partial charge in [0.1, 0.15) is 5.69 Å². The Balaban J connectivity index is 0.000000173. The fourth-order valence-electron chi connectivity index (χ4n) is 3.46. The number of benzene rings is 2. The fourth-order valence-corrected chi connectivity index (χ4v) is 4.20. The minimum Gasteiger partial charge on any atom is -0.494 e. The zero-order chi connectivity index (χ0) is 24.9. The fraction of sp³-hybridized carbons (Fsp3) is 0.0357. The average molecular weight is 688 g/mol. The van der Waals surface area contributed by atoms with Crippen molar-refractivity contribution >= 4 is 17.3 Å². The normalized spacial score (nSPS) is 10.7. The number of carboxylic acids is 1. The van der Waals surface area contributed by atoms with Gasteiger partial charge in [-0.2, -0.15) is 0 Å². The minimum absolute atomic E-state index is 0. The van der Waals surface area contributed by atoms with E-state index in [1.807, 2.05) is 66.0 Å². The summed E-state index contributed by atoms with van der Waals surface area (Å²) < 4.78 is 16.9. The number of rotatable bonds is 4. The van der Waals surface area contributed by atoms with Crippen molar-refractivity contribution in [3.8, 4) is 50.4 Å². The van der Waals surface area contributed by atoms with E-state index in [4.69, 9.17) is 19.3 Å². The predicted octanol–water partition coefficient (Wildman–Crippen LogP) is 6.96. The van der Waals surface area contributed by atoms with Crippen molar-refractivity contribution in [3.05, 3.63) is 102 Å². The van der Waals surface area contributed by atoms with Crippen molar-refractivity contribution in [2.75, 3.05) is 7.11 Å². The summed E-state index contributed by atoms with van der Waals surface area (Å²) in [5.74, 6) is 1.75. The Hall–Kier alpha value is -4.04. The zero-order valence-electron chi connectivity index (χ0n) is 19.4. The van der Waals surface area contributed by atoms with Gasteiger partial charge in [-0.3, -0.25) is 0 Å². The first kappa shape index (κ1) is 26.0. The number of hydrogen-bond donors (Lipinski definition) is 1. The van der Waals surface area contributed by atoms with E-state index in [1.54, 1.807) is 25.6 Å². The van der Waals surface area contributed by atoms with Crippen LogP contribution in [0, 0.1) is 6.07 Å². The van der Waals surface area contributed by atoms with Gasteiger partial charge in [0.15, 0.2) is 16.6 Å². The van der Waals surface area contributed by atoms with Crippen LogP contribution in [-0.4, -0.2) is 28.2 Å². The van der Waals surface area contributed by atoms with Crippen LogP contribution in [0.1, 0.15) is 10.5 Å². The molecule has 1 aliphatic rings. The summed E-state index contributed by atoms with van der Waals surface area (Å²) in [6, 6.07) is 25.3. The molecule has 2 aromatic carbocycles. The van der Waals surface area contributed by atoms with Gasteiger partial charge in [-0.1, -0.05) is 42.0 Å². The van der Waals surface area contributed by atoms with Crippen LogP contribution >= 0.6 is 11.3 Å². The minimum atomic E-state index is -1.02. The molecule has 0 amide bonds. The molecule has 1 N–H and O–H groups in total. The van der Waals surface area contributed by atoms with Crippen LogP contribution in [0.2, 0.25) is 0 Å². The molecule has 0 aliphatic carbocycles. The Morgan fingerprint density at radius 1 is 0.946 bits per heavy atom. The molecule has 4 heterocycles. The third kappa shape index (κ3) is 5.86. The molecule has 7 nitrogen and oxygen atoms in total. The van der Waals surface area contributed by atoms with Gasteiger partial charge in [0.2, 0.25) is 0 Å². The Labute approximate surface area is 230 Å². The van der Waals surface area contributed by atoms with Crippen molar-refractivity contribution in [2.45, 2.75) is 0 Å². The maximum absolute atomic E-state index is 10.6. The summed E-state index contributed by atoms with van der Waals surface area (Å²) >= 11 is 1.49. The molecule has 3 aromatic heterocycles. The number of fused-ring (bicyclic) bond motifs is 2. The maximum Gasteiger partial charge on any atom is 0.354 e. The van der Waals surface area contributed by atoms with Crippen LogP contribution in [-0.2, 0) is 20.1 Å². The van der Waals surface area contributed by atoms with E-state index >= 15 is 0 Å². The average Bonchev–Trinajstić information content (AvgIpc) is 3.42. The molecule has 37 heavy (non-hydrogen) atoms. The van der Waals surface area contributed by atoms with E-state index in [9.17, 15) is 4.79 Å². The van der Waals surface area contributed by atoms with Crippen molar-refractivity contribution in [3.63, 3.8) is 0 Å². The maximum atomic E-state index is 10.6. The molecule has 9 heteroatoms. The van der Waals surface area contributed by atoms with Crippen LogP contribution in [0.3, 0.4) is 0 Å². The van der Waals surface area contributed by atoms with Crippen LogP contribution < -0.4 is 14.2 Å². The Morgan fingerprint density at radius 2 is 1.73 bits per heavy atom. The van der Waals surface area contributed by atoms with E-state index in [-0.39, 0.29) is 25.8 Å². The van der Waals surface area contributed by atoms with Gasteiger partial charge < -0.3 is 24.3 Å². The van der Waals surface area contributed by atoms with E-state index in [0.717, 1.165) is 33.2 Å². The third-order valence-electron chi connectivity index (χ3n) is 5.21. The Morgan fingerprint density at radius 3 is 2.38 bits per heavy atom. The topological polar surface area (TPSA) is 90.8 Å². The largest absolute Gasteiger partial charge is 0.494 e. The van der Waals surface area contributed by atoms with Gasteiger partial charge in [-0.15, -0.1) is 23.5 Å². The van der Waals surface area contributed by atoms with Crippen molar-refractivity contribution < 1.29 is 44.2 Å². The number of methoxy groups -OCH3 is 1. The first-order valence-electron chi connectivity index (χ1n) is 10.9. The molecule has 0 saturated heterocycles. The molecule has 0 fully saturated rings. The van der Waals surface area contributed by atoms with Crippen LogP contribution in [0.25, 0.3) is 22.4 Å². The van der Waals surface area contributed by atoms with E-state index in [1.165, 1.54) is 17.4 Å². The number of aromatic carboxylic acids is 1. The first-order chi connectivity index (χ1) is 17.6. The van der Waals surface area contributed by atoms with E-state index in [2.05, 4.69) is 16.0 Å². The number of para-hydroxylation sites is 2. The summed E-state index contributed by atoms with van der Waals surface area (Å²) in [5, 5.41) is 11.5. The molecule has 6 rings (SSSR count). The summed E-state index contributed by atoms with van der Waals surface area (Å²) in [7, 11) is 1.61. The van der Waals surface area contributed by atoms with Gasteiger partial charge in [-0.25, -0.2) is 9.78 Å². The first-order valence-corrected chi connectivity index (χ1v) is 11.7. The summed E-state index contributed by atoms with van der Waals surface area (Å²) in [6.45, 7) is 0. The number of nitrogens with zero attached hydrogens (tertiary/aromatic N) is 2. The number of carboxylic acid groups (broad SMARTS) is 1. The number of carbonyl (C=O) groups is 1. The molecule has 0 unspecified atom stereocenters. The van der Waals surface area contributed by atoms with Gasteiger partial charge in [0.25, 0.3) is 0 Å². The van der Waals surface area contributed by atoms with Gasteiger partial charge >= 0.3 is 5.97 Å². The van der Waals surface area contributed by atoms with E-state index in [0.29, 0.717) is 17.2 Å². The molecular weight excluding hydrogens is 669 g/mol. The monoisotopic (exact) mass is 688 g/mol. The molecule has 1 aliphatic heterocycles. The molecule has 187 valence electrons. The van der Waals surface area contributed by atoms with Crippen molar-refractivity contribution in [2.24, 2.45) is 0 Å². The number of thiophene rings is 1. The van der Waals surface area contributed by atoms with E-state index < -0.39 is 5.97 Å². The Bertz CT molecular complexity index is 1510. The van der Waals surface area contributed by atoms with Gasteiger partial charge in [0.05, 0.1) is 18.6 Å². The Kier molecular flexibility index (Phi) is 8.30. The van der Waals surface area contributed by atoms with Gasteiger partial charge in [0, 0.05) is 43.4 Å². The molecule has 1 radical (unpaired) electrons. The SMILES string of the molecule is COc1cc(-c2ccc(C(=O)O)nc2)cs1.[Ir].[c-]1ccc2c(c1-c1ccccn1)Oc1ccccc1O2. The van der Waals surface area contributed by atoms with Gasteiger partial charge in [-0.05, 0) is 41.6 Å². The molecular formula is C28H19IrN2O5S-. The second-order valence-electron chi connectivity index (χ2n) is 7.51. The molecule has 0 atom stereocenters. The number of aromatic nitrogens is 2. The number of hydrogen-bond acceptors (Lipinski definition) is 7. The molecule has 0 bridgehead atoms. The standard InChI is InChI=1S/C17H10NO2.C11H9NO3S.Ir/c1-2-9-15-14(8-1)19-16-10-5-6-12(17(16)20-15)13-7-3-4-11-18-13;1-15-10-4-8(6-16-10)7-2-3-9(11(13)14)12-5-7;/h1-5,7-11H;2-6H,1H3,(H,13,14);/q-1;;. The second-order valence-corrected chi connectivity index (χ2v) is 8.38. The number of ether oxygens (including phenoxy) is 3. The van der Waals surface area contributed by atoms with Crippen LogP contribution in [0.5, 0.6) is 28.1 Å². The van der Waals surface area contributed by atoms with Crippen molar-refractivity contribution in [1.29, 1.82) is 0 Å². The number of pyridine rings is 2. The summed E-state index contributed by atoms with van der Waals surface area (Å²) in [5.41, 5.74) is 3.52.